The summed E-state index contributed by atoms with van der Waals surface area (Å²) in [6, 6.07) is 0. The van der Waals surface area contributed by atoms with Crippen LogP contribution in [0.5, 0.6) is 0 Å². The Bertz CT molecular complexity index is 142. The van der Waals surface area contributed by atoms with Gasteiger partial charge in [-0.1, -0.05) is 0 Å². The lowest BCUT2D eigenvalue weighted by atomic mass is 10.4. The molecule has 4 nitrogen and oxygen atoms in total. The van der Waals surface area contributed by atoms with E-state index in [4.69, 9.17) is 5.73 Å². The number of carbonyl (C=O) groups is 1. The second kappa shape index (κ2) is 4.81. The summed E-state index contributed by atoms with van der Waals surface area (Å²) >= 11 is 0. The molecule has 0 radical (unpaired) electrons. The monoisotopic (exact) mass is 143 g/mol. The molecular formula is C6H13N3O. The Labute approximate surface area is 60.5 Å². The maximum Gasteiger partial charge on any atom is 0.246 e. The molecule has 4 N–H and O–H groups in total. The maximum absolute atomic E-state index is 10.7. The van der Waals surface area contributed by atoms with E-state index < -0.39 is 0 Å². The molecule has 0 fully saturated rings. The zero-order chi connectivity index (χ0) is 7.98. The van der Waals surface area contributed by atoms with Crippen LogP contribution in [0.25, 0.3) is 0 Å². The molecule has 0 aromatic heterocycles. The van der Waals surface area contributed by atoms with Crippen LogP contribution in [-0.4, -0.2) is 19.6 Å². The van der Waals surface area contributed by atoms with Gasteiger partial charge in [-0.2, -0.15) is 0 Å². The number of amides is 1. The minimum absolute atomic E-state index is 0.172. The van der Waals surface area contributed by atoms with Crippen molar-refractivity contribution in [3.05, 3.63) is 11.8 Å². The highest BCUT2D eigenvalue weighted by Crippen LogP contribution is 1.81. The predicted octanol–water partition coefficient (Wildman–Crippen LogP) is -0.858. The lowest BCUT2D eigenvalue weighted by molar-refractivity contribution is -0.116. The zero-order valence-electron chi connectivity index (χ0n) is 6.27. The van der Waals surface area contributed by atoms with Crippen molar-refractivity contribution in [2.75, 3.05) is 13.7 Å². The van der Waals surface area contributed by atoms with Gasteiger partial charge in [0.1, 0.15) is 0 Å². The Morgan fingerprint density at radius 3 is 2.70 bits per heavy atom. The van der Waals surface area contributed by atoms with E-state index in [2.05, 4.69) is 10.6 Å². The van der Waals surface area contributed by atoms with Crippen LogP contribution in [0.4, 0.5) is 0 Å². The Morgan fingerprint density at radius 1 is 1.70 bits per heavy atom. The van der Waals surface area contributed by atoms with E-state index in [0.29, 0.717) is 0 Å². The third-order valence-electron chi connectivity index (χ3n) is 1.02. The molecule has 0 aliphatic rings. The highest BCUT2D eigenvalue weighted by Gasteiger charge is 1.92. The van der Waals surface area contributed by atoms with E-state index in [1.807, 2.05) is 0 Å². The summed E-state index contributed by atoms with van der Waals surface area (Å²) in [6.07, 6.45) is 1.45. The molecule has 0 aliphatic carbocycles. The topological polar surface area (TPSA) is 67.2 Å². The lowest BCUT2D eigenvalue weighted by Crippen LogP contribution is -2.28. The van der Waals surface area contributed by atoms with Crippen LogP contribution in [0.2, 0.25) is 0 Å². The smallest absolute Gasteiger partial charge is 0.246 e. The SMILES string of the molecule is CN/C(C)=C\C(=O)NCN. The molecule has 10 heavy (non-hydrogen) atoms. The lowest BCUT2D eigenvalue weighted by Gasteiger charge is -1.98. The van der Waals surface area contributed by atoms with E-state index in [1.165, 1.54) is 6.08 Å². The average molecular weight is 143 g/mol. The van der Waals surface area contributed by atoms with Gasteiger partial charge in [-0.25, -0.2) is 0 Å². The summed E-state index contributed by atoms with van der Waals surface area (Å²) in [7, 11) is 1.75. The Morgan fingerprint density at radius 2 is 2.30 bits per heavy atom. The van der Waals surface area contributed by atoms with E-state index in [0.717, 1.165) is 5.70 Å². The predicted molar refractivity (Wildman–Crippen MR) is 40.0 cm³/mol. The van der Waals surface area contributed by atoms with Gasteiger partial charge in [0, 0.05) is 18.8 Å². The first-order valence-corrected chi connectivity index (χ1v) is 3.04. The van der Waals surface area contributed by atoms with Crippen molar-refractivity contribution in [3.63, 3.8) is 0 Å². The molecule has 0 aromatic rings. The van der Waals surface area contributed by atoms with E-state index >= 15 is 0 Å². The van der Waals surface area contributed by atoms with Crippen LogP contribution in [0, 0.1) is 0 Å². The Balaban J connectivity index is 3.75. The molecule has 0 aliphatic heterocycles. The third-order valence-corrected chi connectivity index (χ3v) is 1.02. The van der Waals surface area contributed by atoms with Crippen LogP contribution in [0.15, 0.2) is 11.8 Å². The van der Waals surface area contributed by atoms with Crippen molar-refractivity contribution >= 4 is 5.91 Å². The summed E-state index contributed by atoms with van der Waals surface area (Å²) in [5.74, 6) is -0.172. The number of hydrogen-bond donors (Lipinski definition) is 3. The molecule has 1 amide bonds. The second-order valence-corrected chi connectivity index (χ2v) is 1.82. The summed E-state index contributed by atoms with van der Waals surface area (Å²) in [6.45, 7) is 1.97. The zero-order valence-corrected chi connectivity index (χ0v) is 6.27. The van der Waals surface area contributed by atoms with Crippen LogP contribution in [0.1, 0.15) is 6.92 Å². The average Bonchev–Trinajstić information content (AvgIpc) is 1.88. The number of allylic oxidation sites excluding steroid dienone is 1. The van der Waals surface area contributed by atoms with Crippen molar-refractivity contribution in [2.45, 2.75) is 6.92 Å². The molecule has 0 spiro atoms. The van der Waals surface area contributed by atoms with Gasteiger partial charge < -0.3 is 16.4 Å². The van der Waals surface area contributed by atoms with Crippen molar-refractivity contribution in [3.8, 4) is 0 Å². The quantitative estimate of drug-likeness (QED) is 0.356. The summed E-state index contributed by atoms with van der Waals surface area (Å²) in [4.78, 5) is 10.7. The fourth-order valence-corrected chi connectivity index (χ4v) is 0.420. The first kappa shape index (κ1) is 8.97. The van der Waals surface area contributed by atoms with Gasteiger partial charge in [0.25, 0.3) is 0 Å². The number of nitrogens with one attached hydrogen (secondary N) is 2. The fourth-order valence-electron chi connectivity index (χ4n) is 0.420. The number of hydrogen-bond acceptors (Lipinski definition) is 3. The Kier molecular flexibility index (Phi) is 4.32. The van der Waals surface area contributed by atoms with E-state index in [1.54, 1.807) is 14.0 Å². The van der Waals surface area contributed by atoms with Gasteiger partial charge in [-0.05, 0) is 6.92 Å². The summed E-state index contributed by atoms with van der Waals surface area (Å²) in [5.41, 5.74) is 5.88. The number of rotatable bonds is 3. The standard InChI is InChI=1S/C6H13N3O/c1-5(8-2)3-6(10)9-4-7/h3,8H,4,7H2,1-2H3,(H,9,10)/b5-3-. The molecule has 0 saturated heterocycles. The van der Waals surface area contributed by atoms with E-state index in [-0.39, 0.29) is 12.6 Å². The molecule has 0 rings (SSSR count). The van der Waals surface area contributed by atoms with Crippen molar-refractivity contribution in [2.24, 2.45) is 5.73 Å². The van der Waals surface area contributed by atoms with Crippen LogP contribution in [-0.2, 0) is 4.79 Å². The maximum atomic E-state index is 10.7. The van der Waals surface area contributed by atoms with Crippen LogP contribution in [0.3, 0.4) is 0 Å². The normalized spacial score (nSPS) is 10.9. The molecule has 4 heteroatoms. The first-order chi connectivity index (χ1) is 4.70. The highest BCUT2D eigenvalue weighted by molar-refractivity contribution is 5.87. The van der Waals surface area contributed by atoms with Crippen molar-refractivity contribution < 1.29 is 4.79 Å². The van der Waals surface area contributed by atoms with E-state index in [9.17, 15) is 4.79 Å². The van der Waals surface area contributed by atoms with Crippen molar-refractivity contribution in [1.29, 1.82) is 0 Å². The molecule has 0 unspecified atom stereocenters. The molecule has 58 valence electrons. The second-order valence-electron chi connectivity index (χ2n) is 1.82. The van der Waals surface area contributed by atoms with Gasteiger partial charge in [-0.3, -0.25) is 4.79 Å². The molecule has 0 atom stereocenters. The van der Waals surface area contributed by atoms with Gasteiger partial charge >= 0.3 is 0 Å². The highest BCUT2D eigenvalue weighted by atomic mass is 16.1. The summed E-state index contributed by atoms with van der Waals surface area (Å²) in [5, 5.41) is 5.25. The van der Waals surface area contributed by atoms with Crippen LogP contribution >= 0.6 is 0 Å². The van der Waals surface area contributed by atoms with Crippen LogP contribution < -0.4 is 16.4 Å². The molecule has 0 aromatic carbocycles. The van der Waals surface area contributed by atoms with Crippen molar-refractivity contribution in [1.82, 2.24) is 10.6 Å². The molecule has 0 saturated carbocycles. The number of carbonyl (C=O) groups excluding carboxylic acids is 1. The van der Waals surface area contributed by atoms with Gasteiger partial charge in [0.05, 0.1) is 6.67 Å². The minimum atomic E-state index is -0.172. The molecular weight excluding hydrogens is 130 g/mol. The van der Waals surface area contributed by atoms with Gasteiger partial charge in [-0.15, -0.1) is 0 Å². The molecule has 0 heterocycles. The Hall–Kier alpha value is -1.03. The number of nitrogens with two attached hydrogens (primary N) is 1. The summed E-state index contributed by atoms with van der Waals surface area (Å²) < 4.78 is 0. The largest absolute Gasteiger partial charge is 0.391 e. The fraction of sp³-hybridized carbons (Fsp3) is 0.500. The third kappa shape index (κ3) is 3.91. The van der Waals surface area contributed by atoms with Gasteiger partial charge in [0.2, 0.25) is 5.91 Å². The molecule has 0 bridgehead atoms. The minimum Gasteiger partial charge on any atom is -0.391 e. The first-order valence-electron chi connectivity index (χ1n) is 3.04. The van der Waals surface area contributed by atoms with Gasteiger partial charge in [0.15, 0.2) is 0 Å².